The minimum atomic E-state index is -1.14. The predicted molar refractivity (Wildman–Crippen MR) is 193 cm³/mol. The SMILES string of the molecule is CCCCCCCCCCCCCCCC(=O)OC[C@H](COP1OCCN1C)OC(=O)CCCCCCCCCCCCCCC. The van der Waals surface area contributed by atoms with Crippen LogP contribution in [0.3, 0.4) is 0 Å². The lowest BCUT2D eigenvalue weighted by Gasteiger charge is -2.21. The molecule has 0 N–H and O–H groups in total. The summed E-state index contributed by atoms with van der Waals surface area (Å²) in [6.45, 7) is 6.20. The Morgan fingerprint density at radius 1 is 0.587 bits per heavy atom. The molecule has 1 heterocycles. The summed E-state index contributed by atoms with van der Waals surface area (Å²) in [4.78, 5) is 25.0. The van der Waals surface area contributed by atoms with Crippen molar-refractivity contribution in [1.82, 2.24) is 4.67 Å². The van der Waals surface area contributed by atoms with Gasteiger partial charge in [-0.05, 0) is 19.9 Å². The van der Waals surface area contributed by atoms with Crippen LogP contribution in [0.1, 0.15) is 194 Å². The first-order valence-electron chi connectivity index (χ1n) is 19.7. The zero-order chi connectivity index (χ0) is 33.3. The van der Waals surface area contributed by atoms with Crippen molar-refractivity contribution in [2.75, 3.05) is 33.4 Å². The van der Waals surface area contributed by atoms with Crippen molar-refractivity contribution in [3.63, 3.8) is 0 Å². The van der Waals surface area contributed by atoms with E-state index in [4.69, 9.17) is 18.5 Å². The standard InChI is InChI=1S/C38H74NO6P/c1-4-6-8-10-12-14-16-18-20-22-24-26-28-30-37(40)42-34-36(35-44-46-39(3)32-33-43-46)45-38(41)31-29-27-25-23-21-19-17-15-13-11-9-7-5-2/h36H,4-35H2,1-3H3/t36-,46?/m1/s1. The van der Waals surface area contributed by atoms with Crippen molar-refractivity contribution in [3.8, 4) is 0 Å². The third-order valence-corrected chi connectivity index (χ3v) is 10.5. The minimum Gasteiger partial charge on any atom is -0.462 e. The number of nitrogens with zero attached hydrogens (tertiary/aromatic N) is 1. The Balaban J connectivity index is 2.14. The Kier molecular flexibility index (Phi) is 30.8. The van der Waals surface area contributed by atoms with Crippen molar-refractivity contribution in [2.45, 2.75) is 200 Å². The van der Waals surface area contributed by atoms with E-state index >= 15 is 0 Å². The molecule has 1 aliphatic heterocycles. The van der Waals surface area contributed by atoms with Crippen molar-refractivity contribution in [1.29, 1.82) is 0 Å². The number of likely N-dealkylation sites (N-methyl/N-ethyl adjacent to an activating group) is 1. The van der Waals surface area contributed by atoms with Gasteiger partial charge in [0.15, 0.2) is 6.10 Å². The Hall–Kier alpha value is -0.750. The molecule has 272 valence electrons. The van der Waals surface area contributed by atoms with E-state index in [2.05, 4.69) is 13.8 Å². The van der Waals surface area contributed by atoms with Crippen molar-refractivity contribution < 1.29 is 28.1 Å². The van der Waals surface area contributed by atoms with Crippen LogP contribution in [0.25, 0.3) is 0 Å². The van der Waals surface area contributed by atoms with E-state index in [-0.39, 0.29) is 25.2 Å². The molecule has 1 unspecified atom stereocenters. The second-order valence-corrected chi connectivity index (χ2v) is 15.2. The monoisotopic (exact) mass is 672 g/mol. The molecule has 0 saturated carbocycles. The Morgan fingerprint density at radius 3 is 1.37 bits per heavy atom. The molecule has 0 amide bonds. The third-order valence-electron chi connectivity index (χ3n) is 8.96. The van der Waals surface area contributed by atoms with Gasteiger partial charge in [-0.15, -0.1) is 0 Å². The van der Waals surface area contributed by atoms with Gasteiger partial charge >= 0.3 is 11.9 Å². The lowest BCUT2D eigenvalue weighted by atomic mass is 10.0. The number of rotatable bonds is 34. The van der Waals surface area contributed by atoms with E-state index < -0.39 is 14.6 Å². The van der Waals surface area contributed by atoms with Crippen LogP contribution in [-0.4, -0.2) is 56.1 Å². The summed E-state index contributed by atoms with van der Waals surface area (Å²) >= 11 is 0. The number of hydrogen-bond donors (Lipinski definition) is 0. The largest absolute Gasteiger partial charge is 0.462 e. The molecule has 0 aromatic carbocycles. The average Bonchev–Trinajstić information content (AvgIpc) is 3.47. The highest BCUT2D eigenvalue weighted by atomic mass is 31.2. The van der Waals surface area contributed by atoms with Gasteiger partial charge in [-0.2, -0.15) is 0 Å². The molecule has 1 fully saturated rings. The number of hydrogen-bond acceptors (Lipinski definition) is 7. The summed E-state index contributed by atoms with van der Waals surface area (Å²) in [5, 5.41) is 0. The van der Waals surface area contributed by atoms with Gasteiger partial charge in [0.05, 0.1) is 13.2 Å². The van der Waals surface area contributed by atoms with Gasteiger partial charge in [-0.3, -0.25) is 9.59 Å². The van der Waals surface area contributed by atoms with Gasteiger partial charge in [0, 0.05) is 19.4 Å². The molecule has 1 rings (SSSR count). The van der Waals surface area contributed by atoms with E-state index in [1.54, 1.807) is 0 Å². The van der Waals surface area contributed by atoms with Gasteiger partial charge in [0.25, 0.3) is 8.53 Å². The molecule has 0 radical (unpaired) electrons. The molecular weight excluding hydrogens is 597 g/mol. The van der Waals surface area contributed by atoms with Crippen molar-refractivity contribution in [2.24, 2.45) is 0 Å². The minimum absolute atomic E-state index is 0.0362. The fourth-order valence-corrected chi connectivity index (χ4v) is 7.15. The second kappa shape index (κ2) is 32.8. The number of carbonyl (C=O) groups excluding carboxylic acids is 2. The summed E-state index contributed by atoms with van der Waals surface area (Å²) in [6.07, 6.45) is 33.3. The second-order valence-electron chi connectivity index (χ2n) is 13.5. The summed E-state index contributed by atoms with van der Waals surface area (Å²) < 4.78 is 24.8. The number of esters is 2. The van der Waals surface area contributed by atoms with E-state index in [1.165, 1.54) is 141 Å². The summed E-state index contributed by atoms with van der Waals surface area (Å²) in [7, 11) is 0.822. The van der Waals surface area contributed by atoms with Gasteiger partial charge in [-0.1, -0.05) is 168 Å². The molecule has 0 aromatic rings. The van der Waals surface area contributed by atoms with Crippen LogP contribution in [-0.2, 0) is 28.1 Å². The van der Waals surface area contributed by atoms with Gasteiger partial charge in [-0.25, -0.2) is 4.67 Å². The molecule has 0 spiro atoms. The molecule has 0 bridgehead atoms. The maximum atomic E-state index is 12.6. The van der Waals surface area contributed by atoms with Crippen LogP contribution in [0.2, 0.25) is 0 Å². The zero-order valence-corrected chi connectivity index (χ0v) is 31.4. The number of ether oxygens (including phenoxy) is 2. The molecule has 0 aliphatic carbocycles. The molecule has 1 saturated heterocycles. The molecule has 2 atom stereocenters. The first-order chi connectivity index (χ1) is 22.6. The van der Waals surface area contributed by atoms with Gasteiger partial charge in [0.1, 0.15) is 6.61 Å². The molecule has 1 aliphatic rings. The highest BCUT2D eigenvalue weighted by Crippen LogP contribution is 2.45. The Morgan fingerprint density at radius 2 is 0.978 bits per heavy atom. The van der Waals surface area contributed by atoms with E-state index in [1.807, 2.05) is 11.7 Å². The summed E-state index contributed by atoms with van der Waals surface area (Å²) in [6, 6.07) is 0. The molecule has 46 heavy (non-hydrogen) atoms. The van der Waals surface area contributed by atoms with E-state index in [0.29, 0.717) is 19.4 Å². The summed E-state index contributed by atoms with van der Waals surface area (Å²) in [5.41, 5.74) is 0. The van der Waals surface area contributed by atoms with Crippen LogP contribution in [0.4, 0.5) is 0 Å². The lowest BCUT2D eigenvalue weighted by Crippen LogP contribution is -2.29. The fraction of sp³-hybridized carbons (Fsp3) is 0.947. The topological polar surface area (TPSA) is 74.3 Å². The smallest absolute Gasteiger partial charge is 0.306 e. The van der Waals surface area contributed by atoms with Crippen LogP contribution >= 0.6 is 8.53 Å². The lowest BCUT2D eigenvalue weighted by molar-refractivity contribution is -0.161. The quantitative estimate of drug-likeness (QED) is 0.0383. The normalized spacial score (nSPS) is 15.8. The molecule has 0 aromatic heterocycles. The van der Waals surface area contributed by atoms with Gasteiger partial charge < -0.3 is 18.5 Å². The highest BCUT2D eigenvalue weighted by molar-refractivity contribution is 7.44. The first-order valence-corrected chi connectivity index (χ1v) is 20.8. The van der Waals surface area contributed by atoms with Crippen LogP contribution in [0, 0.1) is 0 Å². The predicted octanol–water partition coefficient (Wildman–Crippen LogP) is 11.6. The highest BCUT2D eigenvalue weighted by Gasteiger charge is 2.27. The molecule has 7 nitrogen and oxygen atoms in total. The Bertz CT molecular complexity index is 696. The van der Waals surface area contributed by atoms with Crippen molar-refractivity contribution >= 4 is 20.5 Å². The number of carbonyl (C=O) groups is 2. The third kappa shape index (κ3) is 27.2. The van der Waals surface area contributed by atoms with Crippen molar-refractivity contribution in [3.05, 3.63) is 0 Å². The van der Waals surface area contributed by atoms with E-state index in [0.717, 1.165) is 32.2 Å². The first kappa shape index (κ1) is 43.3. The van der Waals surface area contributed by atoms with Crippen LogP contribution < -0.4 is 0 Å². The average molecular weight is 672 g/mol. The fourth-order valence-electron chi connectivity index (χ4n) is 5.91. The summed E-state index contributed by atoms with van der Waals surface area (Å²) in [5.74, 6) is -0.460. The number of unbranched alkanes of at least 4 members (excludes halogenated alkanes) is 24. The maximum Gasteiger partial charge on any atom is 0.306 e. The van der Waals surface area contributed by atoms with E-state index in [9.17, 15) is 9.59 Å². The van der Waals surface area contributed by atoms with Gasteiger partial charge in [0.2, 0.25) is 0 Å². The van der Waals surface area contributed by atoms with Crippen LogP contribution in [0.15, 0.2) is 0 Å². The zero-order valence-electron chi connectivity index (χ0n) is 30.5. The molecule has 8 heteroatoms. The Labute approximate surface area is 286 Å². The van der Waals surface area contributed by atoms with Crippen LogP contribution in [0.5, 0.6) is 0 Å². The maximum absolute atomic E-state index is 12.6. The molecular formula is C38H74NO6P.